The summed E-state index contributed by atoms with van der Waals surface area (Å²) in [6, 6.07) is 5.02. The van der Waals surface area contributed by atoms with E-state index < -0.39 is 0 Å². The summed E-state index contributed by atoms with van der Waals surface area (Å²) in [6.45, 7) is 0.556. The third-order valence-electron chi connectivity index (χ3n) is 3.58. The topological polar surface area (TPSA) is 75.4 Å². The molecule has 1 aromatic carbocycles. The molecule has 4 nitrogen and oxygen atoms in total. The molecule has 104 valence electrons. The van der Waals surface area contributed by atoms with Gasteiger partial charge in [0.2, 0.25) is 0 Å². The molecule has 0 bridgehead atoms. The van der Waals surface area contributed by atoms with Gasteiger partial charge in [-0.15, -0.1) is 0 Å². The van der Waals surface area contributed by atoms with Gasteiger partial charge in [0.15, 0.2) is 0 Å². The Kier molecular flexibility index (Phi) is 4.66. The number of amides is 1. The van der Waals surface area contributed by atoms with Crippen LogP contribution in [0.25, 0.3) is 0 Å². The smallest absolute Gasteiger partial charge is 0.254 e. The van der Waals surface area contributed by atoms with E-state index in [0.717, 1.165) is 25.7 Å². The van der Waals surface area contributed by atoms with Crippen LogP contribution in [0.5, 0.6) is 0 Å². The first kappa shape index (κ1) is 14.2. The SMILES string of the molecule is Nc1cccc(Cl)c1C(=O)NCC1CCCC(O)C1. The van der Waals surface area contributed by atoms with Crippen LogP contribution in [0.1, 0.15) is 36.0 Å². The fraction of sp³-hybridized carbons (Fsp3) is 0.500. The number of nitrogens with two attached hydrogens (primary N) is 1. The highest BCUT2D eigenvalue weighted by molar-refractivity contribution is 6.34. The largest absolute Gasteiger partial charge is 0.398 e. The summed E-state index contributed by atoms with van der Waals surface area (Å²) in [4.78, 5) is 12.1. The van der Waals surface area contributed by atoms with Crippen molar-refractivity contribution in [2.45, 2.75) is 31.8 Å². The van der Waals surface area contributed by atoms with Gasteiger partial charge in [0, 0.05) is 12.2 Å². The van der Waals surface area contributed by atoms with Crippen LogP contribution in [0.4, 0.5) is 5.69 Å². The lowest BCUT2D eigenvalue weighted by Gasteiger charge is -2.26. The standard InChI is InChI=1S/C14H19ClN2O2/c15-11-5-2-6-12(16)13(11)14(19)17-8-9-3-1-4-10(18)7-9/h2,5-6,9-10,18H,1,3-4,7-8,16H2,(H,17,19). The Morgan fingerprint density at radius 1 is 1.47 bits per heavy atom. The van der Waals surface area contributed by atoms with E-state index in [4.69, 9.17) is 17.3 Å². The molecule has 2 unspecified atom stereocenters. The Bertz CT molecular complexity index is 445. The third kappa shape index (κ3) is 3.61. The van der Waals surface area contributed by atoms with Gasteiger partial charge in [-0.3, -0.25) is 4.79 Å². The number of nitrogens with one attached hydrogen (secondary N) is 1. The van der Waals surface area contributed by atoms with Crippen molar-refractivity contribution in [3.8, 4) is 0 Å². The van der Waals surface area contributed by atoms with Crippen molar-refractivity contribution in [3.05, 3.63) is 28.8 Å². The Morgan fingerprint density at radius 3 is 2.95 bits per heavy atom. The molecule has 0 saturated heterocycles. The molecule has 0 spiro atoms. The molecule has 5 heteroatoms. The van der Waals surface area contributed by atoms with Gasteiger partial charge in [-0.05, 0) is 37.3 Å². The summed E-state index contributed by atoms with van der Waals surface area (Å²) in [5.41, 5.74) is 6.48. The molecule has 0 aliphatic heterocycles. The van der Waals surface area contributed by atoms with E-state index in [1.807, 2.05) is 0 Å². The van der Waals surface area contributed by atoms with E-state index in [1.54, 1.807) is 18.2 Å². The van der Waals surface area contributed by atoms with E-state index >= 15 is 0 Å². The van der Waals surface area contributed by atoms with Gasteiger partial charge in [0.1, 0.15) is 0 Å². The Balaban J connectivity index is 1.94. The molecule has 1 aliphatic rings. The molecule has 1 aromatic rings. The summed E-state index contributed by atoms with van der Waals surface area (Å²) < 4.78 is 0. The monoisotopic (exact) mass is 282 g/mol. The van der Waals surface area contributed by atoms with Gasteiger partial charge in [-0.25, -0.2) is 0 Å². The lowest BCUT2D eigenvalue weighted by Crippen LogP contribution is -2.33. The van der Waals surface area contributed by atoms with E-state index in [-0.39, 0.29) is 12.0 Å². The summed E-state index contributed by atoms with van der Waals surface area (Å²) in [5, 5.41) is 12.8. The zero-order chi connectivity index (χ0) is 13.8. The van der Waals surface area contributed by atoms with Crippen LogP contribution in [0.2, 0.25) is 5.02 Å². The number of hydrogen-bond donors (Lipinski definition) is 3. The maximum absolute atomic E-state index is 12.1. The van der Waals surface area contributed by atoms with Crippen LogP contribution in [0.15, 0.2) is 18.2 Å². The Hall–Kier alpha value is -1.26. The molecule has 0 heterocycles. The normalized spacial score (nSPS) is 23.1. The lowest BCUT2D eigenvalue weighted by molar-refractivity contribution is 0.0874. The first-order valence-corrected chi connectivity index (χ1v) is 6.96. The molecule has 0 radical (unpaired) electrons. The van der Waals surface area contributed by atoms with Crippen molar-refractivity contribution in [3.63, 3.8) is 0 Å². The van der Waals surface area contributed by atoms with Crippen LogP contribution in [0, 0.1) is 5.92 Å². The van der Waals surface area contributed by atoms with Crippen molar-refractivity contribution < 1.29 is 9.90 Å². The Morgan fingerprint density at radius 2 is 2.26 bits per heavy atom. The quantitative estimate of drug-likeness (QED) is 0.744. The molecule has 19 heavy (non-hydrogen) atoms. The fourth-order valence-electron chi connectivity index (χ4n) is 2.55. The fourth-order valence-corrected chi connectivity index (χ4v) is 2.82. The highest BCUT2D eigenvalue weighted by atomic mass is 35.5. The summed E-state index contributed by atoms with van der Waals surface area (Å²) >= 11 is 5.99. The maximum Gasteiger partial charge on any atom is 0.254 e. The average Bonchev–Trinajstić information content (AvgIpc) is 2.36. The number of carbonyl (C=O) groups excluding carboxylic acids is 1. The summed E-state index contributed by atoms with van der Waals surface area (Å²) in [6.07, 6.45) is 3.42. The molecule has 2 atom stereocenters. The zero-order valence-electron chi connectivity index (χ0n) is 10.7. The molecule has 1 aliphatic carbocycles. The van der Waals surface area contributed by atoms with Crippen molar-refractivity contribution in [2.24, 2.45) is 5.92 Å². The number of anilines is 1. The number of benzene rings is 1. The van der Waals surface area contributed by atoms with Gasteiger partial charge in [-0.1, -0.05) is 24.1 Å². The van der Waals surface area contributed by atoms with E-state index in [1.165, 1.54) is 0 Å². The predicted octanol–water partition coefficient (Wildman–Crippen LogP) is 2.20. The molecule has 4 N–H and O–H groups in total. The molecule has 1 fully saturated rings. The number of aliphatic hydroxyl groups excluding tert-OH is 1. The minimum atomic E-state index is -0.247. The Labute approximate surface area is 117 Å². The number of halogens is 1. The highest BCUT2D eigenvalue weighted by Crippen LogP contribution is 2.25. The summed E-state index contributed by atoms with van der Waals surface area (Å²) in [7, 11) is 0. The molecular formula is C14H19ClN2O2. The molecular weight excluding hydrogens is 264 g/mol. The number of carbonyl (C=O) groups is 1. The molecule has 1 amide bonds. The van der Waals surface area contributed by atoms with Crippen molar-refractivity contribution >= 4 is 23.2 Å². The number of aliphatic hydroxyl groups is 1. The maximum atomic E-state index is 12.1. The van der Waals surface area contributed by atoms with Crippen LogP contribution < -0.4 is 11.1 Å². The summed E-state index contributed by atoms with van der Waals surface area (Å²) in [5.74, 6) is 0.0829. The molecule has 1 saturated carbocycles. The van der Waals surface area contributed by atoms with E-state index in [2.05, 4.69) is 5.32 Å². The zero-order valence-corrected chi connectivity index (χ0v) is 11.5. The van der Waals surface area contributed by atoms with Crippen molar-refractivity contribution in [2.75, 3.05) is 12.3 Å². The second-order valence-electron chi connectivity index (χ2n) is 5.10. The number of nitrogen functional groups attached to an aromatic ring is 1. The van der Waals surface area contributed by atoms with Gasteiger partial charge < -0.3 is 16.2 Å². The lowest BCUT2D eigenvalue weighted by atomic mass is 9.87. The first-order chi connectivity index (χ1) is 9.08. The van der Waals surface area contributed by atoms with E-state index in [9.17, 15) is 9.90 Å². The van der Waals surface area contributed by atoms with Gasteiger partial charge in [0.05, 0.1) is 16.7 Å². The average molecular weight is 283 g/mol. The second kappa shape index (κ2) is 6.26. The predicted molar refractivity (Wildman–Crippen MR) is 76.2 cm³/mol. The molecule has 0 aromatic heterocycles. The van der Waals surface area contributed by atoms with Crippen molar-refractivity contribution in [1.82, 2.24) is 5.32 Å². The van der Waals surface area contributed by atoms with Crippen LogP contribution in [0.3, 0.4) is 0 Å². The highest BCUT2D eigenvalue weighted by Gasteiger charge is 2.21. The first-order valence-electron chi connectivity index (χ1n) is 6.58. The van der Waals surface area contributed by atoms with E-state index in [0.29, 0.717) is 28.7 Å². The minimum Gasteiger partial charge on any atom is -0.398 e. The number of rotatable bonds is 3. The van der Waals surface area contributed by atoms with Crippen LogP contribution in [-0.2, 0) is 0 Å². The van der Waals surface area contributed by atoms with Gasteiger partial charge in [-0.2, -0.15) is 0 Å². The molecule has 2 rings (SSSR count). The number of hydrogen-bond acceptors (Lipinski definition) is 3. The van der Waals surface area contributed by atoms with Crippen molar-refractivity contribution in [1.29, 1.82) is 0 Å². The van der Waals surface area contributed by atoms with Crippen LogP contribution >= 0.6 is 11.6 Å². The van der Waals surface area contributed by atoms with Gasteiger partial charge in [0.25, 0.3) is 5.91 Å². The minimum absolute atomic E-state index is 0.235. The third-order valence-corrected chi connectivity index (χ3v) is 3.89. The second-order valence-corrected chi connectivity index (χ2v) is 5.51. The van der Waals surface area contributed by atoms with Gasteiger partial charge >= 0.3 is 0 Å². The van der Waals surface area contributed by atoms with Crippen LogP contribution in [-0.4, -0.2) is 23.7 Å².